The summed E-state index contributed by atoms with van der Waals surface area (Å²) in [6.45, 7) is 2.99. The van der Waals surface area contributed by atoms with Crippen molar-refractivity contribution in [2.24, 2.45) is 5.73 Å². The number of halogens is 1. The normalized spacial score (nSPS) is 11.3. The lowest BCUT2D eigenvalue weighted by Gasteiger charge is -2.16. The van der Waals surface area contributed by atoms with Crippen LogP contribution in [0.15, 0.2) is 48.5 Å². The molecule has 1 aromatic heterocycles. The molecule has 0 aliphatic carbocycles. The number of likely N-dealkylation sites (N-methyl/N-ethyl adjacent to an activating group) is 1. The van der Waals surface area contributed by atoms with Crippen molar-refractivity contribution in [3.05, 3.63) is 70.4 Å². The Hall–Kier alpha value is -2.34. The van der Waals surface area contributed by atoms with Gasteiger partial charge in [-0.1, -0.05) is 35.9 Å². The van der Waals surface area contributed by atoms with Gasteiger partial charge in [0.2, 0.25) is 0 Å². The van der Waals surface area contributed by atoms with Crippen LogP contribution in [-0.4, -0.2) is 42.5 Å². The summed E-state index contributed by atoms with van der Waals surface area (Å²) in [5, 5.41) is 4.57. The molecule has 3 rings (SSSR count). The van der Waals surface area contributed by atoms with Gasteiger partial charge in [-0.15, -0.1) is 0 Å². The number of aryl methyl sites for hydroxylation is 1. The van der Waals surface area contributed by atoms with Crippen LogP contribution in [0.4, 0.5) is 0 Å². The van der Waals surface area contributed by atoms with Gasteiger partial charge in [0.15, 0.2) is 0 Å². The number of nitrogens with two attached hydrogens (primary N) is 1. The molecule has 1 amide bonds. The number of carbonyl (C=O) groups is 1. The van der Waals surface area contributed by atoms with Gasteiger partial charge in [-0.3, -0.25) is 4.79 Å². The molecule has 0 unspecified atom stereocenters. The van der Waals surface area contributed by atoms with Crippen LogP contribution in [0.25, 0.3) is 10.9 Å². The van der Waals surface area contributed by atoms with E-state index in [2.05, 4.69) is 46.5 Å². The number of aromatic nitrogens is 1. The number of fused-ring (bicyclic) bond motifs is 1. The summed E-state index contributed by atoms with van der Waals surface area (Å²) in [5.41, 5.74) is 9.58. The first kappa shape index (κ1) is 20.4. The third kappa shape index (κ3) is 5.58. The monoisotopic (exact) mass is 398 g/mol. The van der Waals surface area contributed by atoms with Crippen LogP contribution in [0.5, 0.6) is 0 Å². The highest BCUT2D eigenvalue weighted by molar-refractivity contribution is 6.31. The molecule has 0 atom stereocenters. The summed E-state index contributed by atoms with van der Waals surface area (Å²) in [4.78, 5) is 17.7. The van der Waals surface area contributed by atoms with Crippen molar-refractivity contribution in [2.45, 2.75) is 19.4 Å². The standard InChI is InChI=1S/C22H27ClN4O/c1-27(11-2-3-16-4-6-17(15-24)7-5-16)12-10-25-22(28)21-14-18-13-19(23)8-9-20(18)26-21/h4-9,13-14,26H,2-3,10-12,15,24H2,1H3,(H,25,28). The van der Waals surface area contributed by atoms with Crippen molar-refractivity contribution >= 4 is 28.4 Å². The van der Waals surface area contributed by atoms with Crippen molar-refractivity contribution in [1.82, 2.24) is 15.2 Å². The molecular formula is C22H27ClN4O. The average Bonchev–Trinajstić information content (AvgIpc) is 3.11. The van der Waals surface area contributed by atoms with Gasteiger partial charge < -0.3 is 20.9 Å². The number of amides is 1. The van der Waals surface area contributed by atoms with E-state index in [9.17, 15) is 4.79 Å². The van der Waals surface area contributed by atoms with E-state index in [1.807, 2.05) is 24.3 Å². The predicted molar refractivity (Wildman–Crippen MR) is 116 cm³/mol. The van der Waals surface area contributed by atoms with Crippen molar-refractivity contribution in [2.75, 3.05) is 26.7 Å². The number of H-pyrrole nitrogens is 1. The number of aromatic amines is 1. The minimum atomic E-state index is -0.0966. The SMILES string of the molecule is CN(CCCc1ccc(CN)cc1)CCNC(=O)c1cc2cc(Cl)ccc2[nH]1. The molecule has 0 saturated carbocycles. The maximum atomic E-state index is 12.3. The molecule has 5 nitrogen and oxygen atoms in total. The molecule has 0 bridgehead atoms. The molecule has 0 aliphatic heterocycles. The fourth-order valence-corrected chi connectivity index (χ4v) is 3.37. The van der Waals surface area contributed by atoms with E-state index in [0.29, 0.717) is 23.8 Å². The number of rotatable bonds is 9. The van der Waals surface area contributed by atoms with Gasteiger partial charge in [-0.25, -0.2) is 0 Å². The topological polar surface area (TPSA) is 74.2 Å². The van der Waals surface area contributed by atoms with E-state index in [0.717, 1.165) is 42.4 Å². The third-order valence-corrected chi connectivity index (χ3v) is 5.11. The van der Waals surface area contributed by atoms with Crippen LogP contribution in [-0.2, 0) is 13.0 Å². The Morgan fingerprint density at radius 1 is 1.11 bits per heavy atom. The second-order valence-electron chi connectivity index (χ2n) is 7.10. The molecular weight excluding hydrogens is 372 g/mol. The van der Waals surface area contributed by atoms with Gasteiger partial charge in [0.1, 0.15) is 5.69 Å². The lowest BCUT2D eigenvalue weighted by atomic mass is 10.1. The fourth-order valence-electron chi connectivity index (χ4n) is 3.19. The Labute approximate surface area is 170 Å². The van der Waals surface area contributed by atoms with Gasteiger partial charge in [0.05, 0.1) is 0 Å². The lowest BCUT2D eigenvalue weighted by molar-refractivity contribution is 0.0945. The minimum Gasteiger partial charge on any atom is -0.351 e. The van der Waals surface area contributed by atoms with Gasteiger partial charge in [-0.05, 0) is 61.8 Å². The van der Waals surface area contributed by atoms with Crippen molar-refractivity contribution in [1.29, 1.82) is 0 Å². The number of carbonyl (C=O) groups excluding carboxylic acids is 1. The van der Waals surface area contributed by atoms with E-state index >= 15 is 0 Å². The Balaban J connectivity index is 1.37. The minimum absolute atomic E-state index is 0.0966. The molecule has 2 aromatic carbocycles. The largest absolute Gasteiger partial charge is 0.351 e. The fraction of sp³-hybridized carbons (Fsp3) is 0.318. The highest BCUT2D eigenvalue weighted by Crippen LogP contribution is 2.20. The first-order chi connectivity index (χ1) is 13.5. The highest BCUT2D eigenvalue weighted by atomic mass is 35.5. The van der Waals surface area contributed by atoms with Crippen LogP contribution < -0.4 is 11.1 Å². The predicted octanol–water partition coefficient (Wildman–Crippen LogP) is 3.57. The number of hydrogen-bond acceptors (Lipinski definition) is 3. The van der Waals surface area contributed by atoms with E-state index in [-0.39, 0.29) is 5.91 Å². The maximum Gasteiger partial charge on any atom is 0.267 e. The van der Waals surface area contributed by atoms with Gasteiger partial charge in [0.25, 0.3) is 5.91 Å². The Morgan fingerprint density at radius 2 is 1.86 bits per heavy atom. The molecule has 0 spiro atoms. The summed E-state index contributed by atoms with van der Waals surface area (Å²) in [5.74, 6) is -0.0966. The molecule has 0 saturated heterocycles. The summed E-state index contributed by atoms with van der Waals surface area (Å²) in [6.07, 6.45) is 2.12. The Morgan fingerprint density at radius 3 is 2.61 bits per heavy atom. The van der Waals surface area contributed by atoms with Gasteiger partial charge in [-0.2, -0.15) is 0 Å². The zero-order valence-corrected chi connectivity index (χ0v) is 16.9. The second kappa shape index (κ2) is 9.73. The van der Waals surface area contributed by atoms with Crippen LogP contribution in [0.2, 0.25) is 5.02 Å². The number of benzene rings is 2. The zero-order chi connectivity index (χ0) is 19.9. The summed E-state index contributed by atoms with van der Waals surface area (Å²) >= 11 is 6.00. The third-order valence-electron chi connectivity index (χ3n) is 4.87. The molecule has 1 heterocycles. The maximum absolute atomic E-state index is 12.3. The molecule has 0 aliphatic rings. The van der Waals surface area contributed by atoms with E-state index in [1.54, 1.807) is 0 Å². The van der Waals surface area contributed by atoms with Crippen LogP contribution in [0.1, 0.15) is 28.0 Å². The summed E-state index contributed by atoms with van der Waals surface area (Å²) < 4.78 is 0. The number of nitrogens with one attached hydrogen (secondary N) is 2. The van der Waals surface area contributed by atoms with Gasteiger partial charge >= 0.3 is 0 Å². The smallest absolute Gasteiger partial charge is 0.267 e. The first-order valence-electron chi connectivity index (χ1n) is 9.58. The molecule has 4 N–H and O–H groups in total. The quantitative estimate of drug-likeness (QED) is 0.515. The number of nitrogens with zero attached hydrogens (tertiary/aromatic N) is 1. The van der Waals surface area contributed by atoms with Crippen LogP contribution >= 0.6 is 11.6 Å². The molecule has 28 heavy (non-hydrogen) atoms. The van der Waals surface area contributed by atoms with Crippen molar-refractivity contribution in [3.8, 4) is 0 Å². The molecule has 3 aromatic rings. The zero-order valence-electron chi connectivity index (χ0n) is 16.2. The highest BCUT2D eigenvalue weighted by Gasteiger charge is 2.09. The Kier molecular flexibility index (Phi) is 7.09. The van der Waals surface area contributed by atoms with Crippen LogP contribution in [0, 0.1) is 0 Å². The summed E-state index contributed by atoms with van der Waals surface area (Å²) in [7, 11) is 2.08. The van der Waals surface area contributed by atoms with Crippen LogP contribution in [0.3, 0.4) is 0 Å². The number of hydrogen-bond donors (Lipinski definition) is 3. The lowest BCUT2D eigenvalue weighted by Crippen LogP contribution is -2.33. The van der Waals surface area contributed by atoms with Gasteiger partial charge in [0, 0.05) is 35.6 Å². The Bertz CT molecular complexity index is 920. The molecule has 0 radical (unpaired) electrons. The van der Waals surface area contributed by atoms with E-state index < -0.39 is 0 Å². The summed E-state index contributed by atoms with van der Waals surface area (Å²) in [6, 6.07) is 15.8. The van der Waals surface area contributed by atoms with Crippen molar-refractivity contribution in [3.63, 3.8) is 0 Å². The molecule has 0 fully saturated rings. The molecule has 6 heteroatoms. The second-order valence-corrected chi connectivity index (χ2v) is 7.53. The van der Waals surface area contributed by atoms with E-state index in [1.165, 1.54) is 5.56 Å². The first-order valence-corrected chi connectivity index (χ1v) is 9.96. The van der Waals surface area contributed by atoms with E-state index in [4.69, 9.17) is 17.3 Å². The average molecular weight is 399 g/mol. The van der Waals surface area contributed by atoms with Crippen molar-refractivity contribution < 1.29 is 4.79 Å². The molecule has 148 valence electrons.